The lowest BCUT2D eigenvalue weighted by Crippen LogP contribution is -2.45. The van der Waals surface area contributed by atoms with Crippen LogP contribution in [0.4, 0.5) is 10.5 Å². The summed E-state index contributed by atoms with van der Waals surface area (Å²) in [5, 5.41) is 7.72. The molecule has 2 amide bonds. The van der Waals surface area contributed by atoms with Crippen LogP contribution in [0.1, 0.15) is 11.1 Å². The summed E-state index contributed by atoms with van der Waals surface area (Å²) in [6.45, 7) is 0.140. The summed E-state index contributed by atoms with van der Waals surface area (Å²) >= 11 is 1.58. The van der Waals surface area contributed by atoms with Gasteiger partial charge in [-0.1, -0.05) is 97.1 Å². The molecular weight excluding hydrogens is 444 g/mol. The highest BCUT2D eigenvalue weighted by Crippen LogP contribution is 2.23. The molecule has 4 aromatic carbocycles. The van der Waals surface area contributed by atoms with E-state index in [1.165, 1.54) is 0 Å². The van der Waals surface area contributed by atoms with Gasteiger partial charge in [0.15, 0.2) is 0 Å². The standard InChI is InChI=1S/C28H26N2O3S/c31-27(29-25-17-9-15-23-14-7-8-16-24(23)25)26(20-34-19-22-12-5-2-6-13-22)30-28(32)33-18-21-10-3-1-4-11-21/h1-17,26H,18-20H2,(H,29,31)(H,30,32). The second-order valence-electron chi connectivity index (χ2n) is 7.78. The molecule has 0 saturated heterocycles. The van der Waals surface area contributed by atoms with Gasteiger partial charge in [-0.3, -0.25) is 4.79 Å². The Morgan fingerprint density at radius 2 is 1.41 bits per heavy atom. The van der Waals surface area contributed by atoms with Crippen LogP contribution >= 0.6 is 11.8 Å². The van der Waals surface area contributed by atoms with Crippen molar-refractivity contribution < 1.29 is 14.3 Å². The minimum atomic E-state index is -0.754. The van der Waals surface area contributed by atoms with Gasteiger partial charge >= 0.3 is 6.09 Å². The zero-order chi connectivity index (χ0) is 23.6. The molecule has 0 aliphatic carbocycles. The third kappa shape index (κ3) is 6.62. The zero-order valence-corrected chi connectivity index (χ0v) is 19.5. The highest BCUT2D eigenvalue weighted by molar-refractivity contribution is 7.98. The summed E-state index contributed by atoms with van der Waals surface area (Å²) < 4.78 is 5.35. The topological polar surface area (TPSA) is 67.4 Å². The minimum absolute atomic E-state index is 0.140. The second-order valence-corrected chi connectivity index (χ2v) is 8.81. The quantitative estimate of drug-likeness (QED) is 0.315. The summed E-state index contributed by atoms with van der Waals surface area (Å²) in [4.78, 5) is 25.7. The second kappa shape index (κ2) is 11.9. The Bertz CT molecular complexity index is 1230. The highest BCUT2D eigenvalue weighted by atomic mass is 32.2. The molecule has 0 radical (unpaired) electrons. The number of thioether (sulfide) groups is 1. The van der Waals surface area contributed by atoms with E-state index in [4.69, 9.17) is 4.74 Å². The maximum atomic E-state index is 13.2. The molecule has 0 aliphatic rings. The number of ether oxygens (including phenoxy) is 1. The van der Waals surface area contributed by atoms with Gasteiger partial charge < -0.3 is 15.4 Å². The van der Waals surface area contributed by atoms with Gasteiger partial charge in [0.2, 0.25) is 5.91 Å². The Hall–Kier alpha value is -3.77. The fourth-order valence-corrected chi connectivity index (χ4v) is 4.53. The minimum Gasteiger partial charge on any atom is -0.445 e. The van der Waals surface area contributed by atoms with Gasteiger partial charge in [-0.05, 0) is 22.6 Å². The van der Waals surface area contributed by atoms with E-state index in [0.717, 1.165) is 27.7 Å². The van der Waals surface area contributed by atoms with E-state index in [1.54, 1.807) is 11.8 Å². The molecule has 4 aromatic rings. The first-order valence-electron chi connectivity index (χ1n) is 11.1. The van der Waals surface area contributed by atoms with E-state index in [0.29, 0.717) is 11.4 Å². The van der Waals surface area contributed by atoms with Gasteiger partial charge in [0.25, 0.3) is 0 Å². The van der Waals surface area contributed by atoms with E-state index in [-0.39, 0.29) is 12.5 Å². The van der Waals surface area contributed by atoms with E-state index in [1.807, 2.05) is 103 Å². The Morgan fingerprint density at radius 1 is 0.765 bits per heavy atom. The van der Waals surface area contributed by atoms with Gasteiger partial charge in [0.05, 0.1) is 0 Å². The number of hydrogen-bond acceptors (Lipinski definition) is 4. The average Bonchev–Trinajstić information content (AvgIpc) is 2.88. The molecule has 1 unspecified atom stereocenters. The summed E-state index contributed by atoms with van der Waals surface area (Å²) in [5.41, 5.74) is 2.75. The summed E-state index contributed by atoms with van der Waals surface area (Å²) in [7, 11) is 0. The number of carbonyl (C=O) groups excluding carboxylic acids is 2. The molecular formula is C28H26N2O3S. The molecule has 34 heavy (non-hydrogen) atoms. The molecule has 0 heterocycles. The fourth-order valence-electron chi connectivity index (χ4n) is 3.51. The Kier molecular flexibility index (Phi) is 8.19. The average molecular weight is 471 g/mol. The number of anilines is 1. The Labute approximate surface area is 203 Å². The smallest absolute Gasteiger partial charge is 0.408 e. The molecule has 0 spiro atoms. The van der Waals surface area contributed by atoms with Crippen molar-refractivity contribution in [2.75, 3.05) is 11.1 Å². The van der Waals surface area contributed by atoms with E-state index < -0.39 is 12.1 Å². The van der Waals surface area contributed by atoms with Gasteiger partial charge in [0, 0.05) is 22.6 Å². The van der Waals surface area contributed by atoms with Crippen molar-refractivity contribution >= 4 is 40.2 Å². The zero-order valence-electron chi connectivity index (χ0n) is 18.6. The maximum absolute atomic E-state index is 13.2. The molecule has 6 heteroatoms. The van der Waals surface area contributed by atoms with Crippen molar-refractivity contribution in [3.05, 3.63) is 114 Å². The number of amides is 2. The van der Waals surface area contributed by atoms with Crippen molar-refractivity contribution in [3.63, 3.8) is 0 Å². The van der Waals surface area contributed by atoms with E-state index >= 15 is 0 Å². The van der Waals surface area contributed by atoms with Crippen molar-refractivity contribution in [2.45, 2.75) is 18.4 Å². The van der Waals surface area contributed by atoms with Crippen LogP contribution in [-0.4, -0.2) is 23.8 Å². The number of hydrogen-bond donors (Lipinski definition) is 2. The summed E-state index contributed by atoms with van der Waals surface area (Å²) in [6, 6.07) is 32.3. The van der Waals surface area contributed by atoms with E-state index in [9.17, 15) is 9.59 Å². The van der Waals surface area contributed by atoms with Crippen molar-refractivity contribution in [1.29, 1.82) is 0 Å². The lowest BCUT2D eigenvalue weighted by Gasteiger charge is -2.19. The van der Waals surface area contributed by atoms with Crippen molar-refractivity contribution in [1.82, 2.24) is 5.32 Å². The first-order chi connectivity index (χ1) is 16.7. The molecule has 0 saturated carbocycles. The van der Waals surface area contributed by atoms with Crippen LogP contribution < -0.4 is 10.6 Å². The number of nitrogens with one attached hydrogen (secondary N) is 2. The van der Waals surface area contributed by atoms with Crippen LogP contribution in [-0.2, 0) is 21.9 Å². The van der Waals surface area contributed by atoms with Crippen LogP contribution in [0, 0.1) is 0 Å². The lowest BCUT2D eigenvalue weighted by molar-refractivity contribution is -0.117. The van der Waals surface area contributed by atoms with Gasteiger partial charge in [-0.2, -0.15) is 11.8 Å². The SMILES string of the molecule is O=C(NC(CSCc1ccccc1)C(=O)Nc1cccc2ccccc12)OCc1ccccc1. The van der Waals surface area contributed by atoms with Crippen LogP contribution in [0.5, 0.6) is 0 Å². The first kappa shape index (κ1) is 23.4. The number of benzene rings is 4. The Morgan fingerprint density at radius 3 is 2.18 bits per heavy atom. The fraction of sp³-hybridized carbons (Fsp3) is 0.143. The number of alkyl carbamates (subject to hydrolysis) is 1. The molecule has 0 fully saturated rings. The molecule has 0 aromatic heterocycles. The molecule has 4 rings (SSSR count). The molecule has 172 valence electrons. The monoisotopic (exact) mass is 470 g/mol. The third-order valence-electron chi connectivity index (χ3n) is 5.26. The maximum Gasteiger partial charge on any atom is 0.408 e. The van der Waals surface area contributed by atoms with Gasteiger partial charge in [0.1, 0.15) is 12.6 Å². The summed E-state index contributed by atoms with van der Waals surface area (Å²) in [5.74, 6) is 0.861. The first-order valence-corrected chi connectivity index (χ1v) is 12.2. The van der Waals surface area contributed by atoms with Crippen LogP contribution in [0.25, 0.3) is 10.8 Å². The highest BCUT2D eigenvalue weighted by Gasteiger charge is 2.22. The third-order valence-corrected chi connectivity index (χ3v) is 6.37. The van der Waals surface area contributed by atoms with Gasteiger partial charge in [-0.15, -0.1) is 0 Å². The van der Waals surface area contributed by atoms with Crippen LogP contribution in [0.2, 0.25) is 0 Å². The molecule has 0 bridgehead atoms. The van der Waals surface area contributed by atoms with Crippen LogP contribution in [0.15, 0.2) is 103 Å². The lowest BCUT2D eigenvalue weighted by atomic mass is 10.1. The number of carbonyl (C=O) groups is 2. The van der Waals surface area contributed by atoms with Gasteiger partial charge in [-0.25, -0.2) is 4.79 Å². The number of fused-ring (bicyclic) bond motifs is 1. The predicted octanol–water partition coefficient (Wildman–Crippen LogP) is 6.01. The largest absolute Gasteiger partial charge is 0.445 e. The molecule has 0 aliphatic heterocycles. The normalized spacial score (nSPS) is 11.5. The molecule has 2 N–H and O–H groups in total. The Balaban J connectivity index is 1.42. The predicted molar refractivity (Wildman–Crippen MR) is 139 cm³/mol. The van der Waals surface area contributed by atoms with Crippen molar-refractivity contribution in [2.24, 2.45) is 0 Å². The van der Waals surface area contributed by atoms with Crippen LogP contribution in [0.3, 0.4) is 0 Å². The summed E-state index contributed by atoms with van der Waals surface area (Å²) in [6.07, 6.45) is -0.623. The number of rotatable bonds is 9. The molecule has 5 nitrogen and oxygen atoms in total. The van der Waals surface area contributed by atoms with E-state index in [2.05, 4.69) is 10.6 Å². The molecule has 1 atom stereocenters. The van der Waals surface area contributed by atoms with Crippen molar-refractivity contribution in [3.8, 4) is 0 Å².